The zero-order valence-corrected chi connectivity index (χ0v) is 10.7. The predicted octanol–water partition coefficient (Wildman–Crippen LogP) is 3.55. The monoisotopic (exact) mass is 265 g/mol. The topological polar surface area (TPSA) is 40.1 Å². The average molecular weight is 266 g/mol. The molecule has 0 aliphatic rings. The maximum absolute atomic E-state index is 11.1. The minimum Gasteiger partial charge on any atom is -0.768 e. The smallest absolute Gasteiger partial charge is 0.0406 e. The Balaban J connectivity index is 2.60. The summed E-state index contributed by atoms with van der Waals surface area (Å²) in [5, 5.41) is 0.631. The van der Waals surface area contributed by atoms with Crippen molar-refractivity contribution >= 4 is 22.7 Å². The Bertz CT molecular complexity index is 564. The van der Waals surface area contributed by atoms with Gasteiger partial charge in [-0.3, -0.25) is 4.21 Å². The van der Waals surface area contributed by atoms with Crippen LogP contribution in [0, 0.1) is 6.92 Å². The third kappa shape index (κ3) is 2.75. The van der Waals surface area contributed by atoms with Crippen LogP contribution < -0.4 is 0 Å². The molecule has 1 atom stereocenters. The quantitative estimate of drug-likeness (QED) is 0.779. The molecular formula is C13H10ClO2S-. The lowest BCUT2D eigenvalue weighted by atomic mass is 10.0. The van der Waals surface area contributed by atoms with Crippen LogP contribution in [0.4, 0.5) is 0 Å². The second kappa shape index (κ2) is 5.00. The Hall–Kier alpha value is -1.16. The first-order valence-electron chi connectivity index (χ1n) is 5.04. The number of benzene rings is 2. The lowest BCUT2D eigenvalue weighted by molar-refractivity contribution is 0.537. The molecular weight excluding hydrogens is 256 g/mol. The minimum atomic E-state index is -2.24. The summed E-state index contributed by atoms with van der Waals surface area (Å²) >= 11 is 3.57. The fourth-order valence-corrected chi connectivity index (χ4v) is 2.31. The molecule has 0 saturated carbocycles. The molecule has 88 valence electrons. The van der Waals surface area contributed by atoms with Gasteiger partial charge in [0.2, 0.25) is 0 Å². The van der Waals surface area contributed by atoms with Gasteiger partial charge in [-0.25, -0.2) is 0 Å². The summed E-state index contributed by atoms with van der Waals surface area (Å²) in [4.78, 5) is 0.304. The van der Waals surface area contributed by atoms with E-state index in [0.29, 0.717) is 15.5 Å². The van der Waals surface area contributed by atoms with Gasteiger partial charge in [0.05, 0.1) is 0 Å². The fraction of sp³-hybridized carbons (Fsp3) is 0.0769. The molecule has 0 radical (unpaired) electrons. The maximum Gasteiger partial charge on any atom is 0.0406 e. The zero-order chi connectivity index (χ0) is 12.4. The fourth-order valence-electron chi connectivity index (χ4n) is 1.64. The largest absolute Gasteiger partial charge is 0.768 e. The van der Waals surface area contributed by atoms with Crippen molar-refractivity contribution in [1.29, 1.82) is 0 Å². The Labute approximate surface area is 108 Å². The first-order chi connectivity index (χ1) is 8.08. The van der Waals surface area contributed by atoms with E-state index >= 15 is 0 Å². The van der Waals surface area contributed by atoms with E-state index in [2.05, 4.69) is 0 Å². The molecule has 0 spiro atoms. The Morgan fingerprint density at radius 1 is 1.12 bits per heavy atom. The molecule has 0 aliphatic carbocycles. The van der Waals surface area contributed by atoms with Crippen LogP contribution >= 0.6 is 11.6 Å². The molecule has 2 nitrogen and oxygen atoms in total. The van der Waals surface area contributed by atoms with Gasteiger partial charge < -0.3 is 4.55 Å². The third-order valence-electron chi connectivity index (χ3n) is 2.47. The molecule has 0 N–H and O–H groups in total. The van der Waals surface area contributed by atoms with Crippen molar-refractivity contribution in [2.24, 2.45) is 0 Å². The average Bonchev–Trinajstić information content (AvgIpc) is 2.29. The molecule has 17 heavy (non-hydrogen) atoms. The second-order valence-corrected chi connectivity index (χ2v) is 5.09. The van der Waals surface area contributed by atoms with Gasteiger partial charge in [0.15, 0.2) is 0 Å². The van der Waals surface area contributed by atoms with Gasteiger partial charge in [-0.2, -0.15) is 0 Å². The SMILES string of the molecule is Cc1ccc(S(=O)[O-])c(-c2ccc(Cl)cc2)c1. The van der Waals surface area contributed by atoms with Crippen LogP contribution in [-0.4, -0.2) is 8.76 Å². The van der Waals surface area contributed by atoms with Crippen LogP contribution in [0.15, 0.2) is 47.4 Å². The van der Waals surface area contributed by atoms with Gasteiger partial charge in [0.1, 0.15) is 0 Å². The van der Waals surface area contributed by atoms with E-state index in [9.17, 15) is 8.76 Å². The zero-order valence-electron chi connectivity index (χ0n) is 9.14. The summed E-state index contributed by atoms with van der Waals surface area (Å²) in [5.74, 6) is 0. The molecule has 2 rings (SSSR count). The second-order valence-electron chi connectivity index (χ2n) is 3.74. The first-order valence-corrected chi connectivity index (χ1v) is 6.49. The highest BCUT2D eigenvalue weighted by Crippen LogP contribution is 2.28. The van der Waals surface area contributed by atoms with Crippen molar-refractivity contribution < 1.29 is 8.76 Å². The highest BCUT2D eigenvalue weighted by atomic mass is 35.5. The summed E-state index contributed by atoms with van der Waals surface area (Å²) in [7, 11) is 0. The summed E-state index contributed by atoms with van der Waals surface area (Å²) in [6, 6.07) is 12.4. The van der Waals surface area contributed by atoms with Gasteiger partial charge in [0.25, 0.3) is 0 Å². The highest BCUT2D eigenvalue weighted by molar-refractivity contribution is 7.79. The molecule has 0 bridgehead atoms. The summed E-state index contributed by atoms with van der Waals surface area (Å²) in [6.45, 7) is 1.93. The molecule has 0 aliphatic heterocycles. The molecule has 0 aromatic heterocycles. The van der Waals surface area contributed by atoms with Crippen molar-refractivity contribution in [2.45, 2.75) is 11.8 Å². The van der Waals surface area contributed by atoms with Crippen LogP contribution in [0.5, 0.6) is 0 Å². The van der Waals surface area contributed by atoms with Crippen molar-refractivity contribution in [2.75, 3.05) is 0 Å². The molecule has 0 heterocycles. The van der Waals surface area contributed by atoms with Crippen LogP contribution in [0.2, 0.25) is 5.02 Å². The number of hydrogen-bond acceptors (Lipinski definition) is 2. The van der Waals surface area contributed by atoms with Gasteiger partial charge in [-0.05, 0) is 47.3 Å². The summed E-state index contributed by atoms with van der Waals surface area (Å²) in [5.41, 5.74) is 2.57. The van der Waals surface area contributed by atoms with E-state index in [0.717, 1.165) is 11.1 Å². The van der Waals surface area contributed by atoms with Crippen LogP contribution in [0.1, 0.15) is 5.56 Å². The molecule has 1 unspecified atom stereocenters. The number of hydrogen-bond donors (Lipinski definition) is 0. The lowest BCUT2D eigenvalue weighted by Gasteiger charge is -2.13. The van der Waals surface area contributed by atoms with Crippen molar-refractivity contribution in [3.05, 3.63) is 53.1 Å². The Morgan fingerprint density at radius 2 is 1.76 bits per heavy atom. The van der Waals surface area contributed by atoms with E-state index in [1.165, 1.54) is 0 Å². The van der Waals surface area contributed by atoms with Crippen molar-refractivity contribution in [1.82, 2.24) is 0 Å². The van der Waals surface area contributed by atoms with Crippen molar-refractivity contribution in [3.8, 4) is 11.1 Å². The molecule has 2 aromatic rings. The van der Waals surface area contributed by atoms with Crippen LogP contribution in [0.25, 0.3) is 11.1 Å². The van der Waals surface area contributed by atoms with Gasteiger partial charge in [0, 0.05) is 9.92 Å². The number of rotatable bonds is 2. The Morgan fingerprint density at radius 3 is 2.35 bits per heavy atom. The van der Waals surface area contributed by atoms with Gasteiger partial charge >= 0.3 is 0 Å². The first kappa shape index (κ1) is 12.3. The van der Waals surface area contributed by atoms with Crippen LogP contribution in [0.3, 0.4) is 0 Å². The van der Waals surface area contributed by atoms with Crippen LogP contribution in [-0.2, 0) is 11.1 Å². The maximum atomic E-state index is 11.1. The molecule has 0 fully saturated rings. The summed E-state index contributed by atoms with van der Waals surface area (Å²) < 4.78 is 22.3. The minimum absolute atomic E-state index is 0.304. The van der Waals surface area contributed by atoms with Gasteiger partial charge in [-0.1, -0.05) is 41.4 Å². The summed E-state index contributed by atoms with van der Waals surface area (Å²) in [6.07, 6.45) is 0. The molecule has 2 aromatic carbocycles. The standard InChI is InChI=1S/C13H11ClO2S/c1-9-2-7-13(17(15)16)12(8-9)10-3-5-11(14)6-4-10/h2-8H,1H3,(H,15,16)/p-1. The number of aryl methyl sites for hydroxylation is 1. The Kier molecular flexibility index (Phi) is 3.62. The number of halogens is 1. The lowest BCUT2D eigenvalue weighted by Crippen LogP contribution is -1.93. The normalized spacial score (nSPS) is 12.4. The van der Waals surface area contributed by atoms with E-state index in [-0.39, 0.29) is 0 Å². The van der Waals surface area contributed by atoms with Crippen molar-refractivity contribution in [3.63, 3.8) is 0 Å². The van der Waals surface area contributed by atoms with E-state index in [1.54, 1.807) is 24.3 Å². The van der Waals surface area contributed by atoms with Gasteiger partial charge in [-0.15, -0.1) is 0 Å². The molecule has 4 heteroatoms. The highest BCUT2D eigenvalue weighted by Gasteiger charge is 2.06. The molecule has 0 saturated heterocycles. The van der Waals surface area contributed by atoms with E-state index in [4.69, 9.17) is 11.6 Å². The third-order valence-corrected chi connectivity index (χ3v) is 3.44. The van der Waals surface area contributed by atoms with E-state index < -0.39 is 11.1 Å². The molecule has 0 amide bonds. The predicted molar refractivity (Wildman–Crippen MR) is 68.8 cm³/mol. The van der Waals surface area contributed by atoms with E-state index in [1.807, 2.05) is 25.1 Å².